The van der Waals surface area contributed by atoms with E-state index in [1.165, 1.54) is 0 Å². The molecule has 0 radical (unpaired) electrons. The molecule has 0 bridgehead atoms. The number of phenolic OH excluding ortho intramolecular Hbond substituents is 1. The second kappa shape index (κ2) is 7.35. The summed E-state index contributed by atoms with van der Waals surface area (Å²) in [6.07, 6.45) is 0. The van der Waals surface area contributed by atoms with Crippen molar-refractivity contribution >= 4 is 22.6 Å². The molecule has 0 saturated heterocycles. The van der Waals surface area contributed by atoms with Gasteiger partial charge in [0.25, 0.3) is 0 Å². The normalized spacial score (nSPS) is 10.7. The molecule has 3 rings (SSSR count). The van der Waals surface area contributed by atoms with Crippen molar-refractivity contribution in [3.05, 3.63) is 81.2 Å². The van der Waals surface area contributed by atoms with Crippen LogP contribution in [0.5, 0.6) is 11.5 Å². The van der Waals surface area contributed by atoms with Crippen LogP contribution in [0, 0.1) is 21.0 Å². The molecule has 0 unspecified atom stereocenters. The summed E-state index contributed by atoms with van der Waals surface area (Å²) in [6, 6.07) is 13.2. The van der Waals surface area contributed by atoms with E-state index in [0.29, 0.717) is 0 Å². The van der Waals surface area contributed by atoms with Gasteiger partial charge in [0, 0.05) is 17.2 Å². The van der Waals surface area contributed by atoms with Crippen LogP contribution in [0.4, 0.5) is 13.2 Å². The third-order valence-electron chi connectivity index (χ3n) is 3.59. The van der Waals surface area contributed by atoms with Crippen molar-refractivity contribution in [1.82, 2.24) is 0 Å². The summed E-state index contributed by atoms with van der Waals surface area (Å²) < 4.78 is 47.7. The van der Waals surface area contributed by atoms with Crippen LogP contribution >= 0.6 is 22.6 Å². The van der Waals surface area contributed by atoms with Crippen molar-refractivity contribution in [3.63, 3.8) is 0 Å². The largest absolute Gasteiger partial charge is 0.505 e. The lowest BCUT2D eigenvalue weighted by atomic mass is 10.0. The van der Waals surface area contributed by atoms with Crippen LogP contribution < -0.4 is 4.74 Å². The SMILES string of the molecule is Oc1cc(OCc2ccccc2)c(-c2cc(F)c(I)cc2F)cc1F. The van der Waals surface area contributed by atoms with E-state index in [4.69, 9.17) is 4.74 Å². The number of halogens is 4. The molecule has 0 aromatic heterocycles. The van der Waals surface area contributed by atoms with E-state index in [1.807, 2.05) is 30.3 Å². The molecule has 0 aliphatic carbocycles. The smallest absolute Gasteiger partial charge is 0.165 e. The minimum Gasteiger partial charge on any atom is -0.505 e. The zero-order chi connectivity index (χ0) is 18.0. The third kappa shape index (κ3) is 3.89. The highest BCUT2D eigenvalue weighted by Crippen LogP contribution is 2.37. The predicted molar refractivity (Wildman–Crippen MR) is 96.9 cm³/mol. The molecule has 0 amide bonds. The van der Waals surface area contributed by atoms with Gasteiger partial charge in [0.15, 0.2) is 11.6 Å². The number of hydrogen-bond acceptors (Lipinski definition) is 2. The van der Waals surface area contributed by atoms with Gasteiger partial charge in [-0.05, 0) is 46.4 Å². The van der Waals surface area contributed by atoms with E-state index < -0.39 is 23.2 Å². The fraction of sp³-hybridized carbons (Fsp3) is 0.0526. The second-order valence-electron chi connectivity index (χ2n) is 5.32. The predicted octanol–water partition coefficient (Wildman–Crippen LogP) is 5.66. The van der Waals surface area contributed by atoms with Gasteiger partial charge in [-0.25, -0.2) is 13.2 Å². The van der Waals surface area contributed by atoms with E-state index in [2.05, 4.69) is 0 Å². The van der Waals surface area contributed by atoms with E-state index in [1.54, 1.807) is 22.6 Å². The van der Waals surface area contributed by atoms with E-state index in [0.717, 1.165) is 29.8 Å². The molecule has 1 N–H and O–H groups in total. The molecule has 3 aromatic carbocycles. The Kier molecular flexibility index (Phi) is 5.17. The van der Waals surface area contributed by atoms with Crippen LogP contribution in [0.15, 0.2) is 54.6 Å². The summed E-state index contributed by atoms with van der Waals surface area (Å²) in [5, 5.41) is 9.61. The first-order valence-corrected chi connectivity index (χ1v) is 8.37. The molecule has 0 aliphatic heterocycles. The average molecular weight is 456 g/mol. The molecular weight excluding hydrogens is 444 g/mol. The van der Waals surface area contributed by atoms with Crippen molar-refractivity contribution in [3.8, 4) is 22.6 Å². The Hall–Kier alpha value is -2.22. The van der Waals surface area contributed by atoms with Crippen LogP contribution in [-0.2, 0) is 6.61 Å². The minimum atomic E-state index is -0.944. The molecule has 0 atom stereocenters. The maximum absolute atomic E-state index is 14.3. The highest BCUT2D eigenvalue weighted by molar-refractivity contribution is 14.1. The molecule has 0 fully saturated rings. The van der Waals surface area contributed by atoms with Crippen molar-refractivity contribution in [2.24, 2.45) is 0 Å². The van der Waals surface area contributed by atoms with Gasteiger partial charge < -0.3 is 9.84 Å². The van der Waals surface area contributed by atoms with Gasteiger partial charge in [0.1, 0.15) is 24.0 Å². The van der Waals surface area contributed by atoms with Crippen LogP contribution in [0.3, 0.4) is 0 Å². The lowest BCUT2D eigenvalue weighted by Gasteiger charge is -2.14. The first kappa shape index (κ1) is 17.6. The first-order valence-electron chi connectivity index (χ1n) is 7.30. The maximum Gasteiger partial charge on any atom is 0.165 e. The monoisotopic (exact) mass is 456 g/mol. The van der Waals surface area contributed by atoms with Gasteiger partial charge >= 0.3 is 0 Å². The summed E-state index contributed by atoms with van der Waals surface area (Å²) in [5.41, 5.74) is 0.727. The minimum absolute atomic E-state index is 0.0269. The van der Waals surface area contributed by atoms with Crippen LogP contribution in [0.2, 0.25) is 0 Å². The number of ether oxygens (including phenoxy) is 1. The molecule has 25 heavy (non-hydrogen) atoms. The zero-order valence-electron chi connectivity index (χ0n) is 12.8. The standard InChI is InChI=1S/C19H12F3IO2/c20-14-8-17(23)15(21)6-12(14)13-7-16(22)18(24)9-19(13)25-10-11-4-2-1-3-5-11/h1-9,24H,10H2. The average Bonchev–Trinajstić information content (AvgIpc) is 2.60. The van der Waals surface area contributed by atoms with Crippen molar-refractivity contribution < 1.29 is 23.0 Å². The van der Waals surface area contributed by atoms with Gasteiger partial charge in [0.2, 0.25) is 0 Å². The van der Waals surface area contributed by atoms with E-state index >= 15 is 0 Å². The molecule has 0 spiro atoms. The van der Waals surface area contributed by atoms with Crippen molar-refractivity contribution in [2.45, 2.75) is 6.61 Å². The Labute approximate surface area is 156 Å². The lowest BCUT2D eigenvalue weighted by Crippen LogP contribution is -1.99. The topological polar surface area (TPSA) is 29.5 Å². The molecule has 6 heteroatoms. The molecule has 2 nitrogen and oxygen atoms in total. The molecule has 0 aliphatic rings. The highest BCUT2D eigenvalue weighted by atomic mass is 127. The maximum atomic E-state index is 14.3. The van der Waals surface area contributed by atoms with Crippen LogP contribution in [0.25, 0.3) is 11.1 Å². The number of rotatable bonds is 4. The fourth-order valence-electron chi connectivity index (χ4n) is 2.34. The lowest BCUT2D eigenvalue weighted by molar-refractivity contribution is 0.304. The summed E-state index contributed by atoms with van der Waals surface area (Å²) in [7, 11) is 0. The van der Waals surface area contributed by atoms with Gasteiger partial charge in [-0.2, -0.15) is 0 Å². The molecular formula is C19H12F3IO2. The number of aromatic hydroxyl groups is 1. The summed E-state index contributed by atoms with van der Waals surface area (Å²) >= 11 is 1.67. The molecule has 3 aromatic rings. The Balaban J connectivity index is 2.04. The summed E-state index contributed by atoms with van der Waals surface area (Å²) in [4.78, 5) is 0. The zero-order valence-corrected chi connectivity index (χ0v) is 14.9. The highest BCUT2D eigenvalue weighted by Gasteiger charge is 2.18. The number of benzene rings is 3. The van der Waals surface area contributed by atoms with Crippen molar-refractivity contribution in [2.75, 3.05) is 0 Å². The van der Waals surface area contributed by atoms with Crippen molar-refractivity contribution in [1.29, 1.82) is 0 Å². The Morgan fingerprint density at radius 1 is 0.840 bits per heavy atom. The quantitative estimate of drug-likeness (QED) is 0.406. The van der Waals surface area contributed by atoms with Gasteiger partial charge in [0.05, 0.1) is 3.57 Å². The van der Waals surface area contributed by atoms with Gasteiger partial charge in [-0.1, -0.05) is 30.3 Å². The number of phenols is 1. The molecule has 0 heterocycles. The Morgan fingerprint density at radius 2 is 1.52 bits per heavy atom. The van der Waals surface area contributed by atoms with Gasteiger partial charge in [-0.3, -0.25) is 0 Å². The summed E-state index contributed by atoms with van der Waals surface area (Å²) in [5.74, 6) is -2.85. The second-order valence-corrected chi connectivity index (χ2v) is 6.48. The van der Waals surface area contributed by atoms with Crippen LogP contribution in [0.1, 0.15) is 5.56 Å². The Morgan fingerprint density at radius 3 is 2.24 bits per heavy atom. The molecule has 0 saturated carbocycles. The Bertz CT molecular complexity index is 914. The molecule has 128 valence electrons. The first-order chi connectivity index (χ1) is 12.0. The van der Waals surface area contributed by atoms with E-state index in [9.17, 15) is 18.3 Å². The number of hydrogen-bond donors (Lipinski definition) is 1. The summed E-state index contributed by atoms with van der Waals surface area (Å²) in [6.45, 7) is 0.132. The third-order valence-corrected chi connectivity index (χ3v) is 4.41. The van der Waals surface area contributed by atoms with E-state index in [-0.39, 0.29) is 27.1 Å². The van der Waals surface area contributed by atoms with Crippen LogP contribution in [-0.4, -0.2) is 5.11 Å². The fourth-order valence-corrected chi connectivity index (χ4v) is 2.77. The van der Waals surface area contributed by atoms with Gasteiger partial charge in [-0.15, -0.1) is 0 Å².